The maximum atomic E-state index is 12.4. The maximum absolute atomic E-state index is 12.4. The summed E-state index contributed by atoms with van der Waals surface area (Å²) in [5, 5.41) is 9.10. The molecule has 0 aliphatic carbocycles. The van der Waals surface area contributed by atoms with Crippen LogP contribution in [0.5, 0.6) is 0 Å². The number of hydrogen-bond donors (Lipinski definition) is 2. The van der Waals surface area contributed by atoms with Gasteiger partial charge in [-0.05, 0) is 31.5 Å². The number of sulfonamides is 2. The van der Waals surface area contributed by atoms with E-state index in [1.54, 1.807) is 20.9 Å². The first-order valence-electron chi connectivity index (χ1n) is 6.64. The fourth-order valence-corrected chi connectivity index (χ4v) is 4.16. The van der Waals surface area contributed by atoms with Crippen molar-refractivity contribution in [2.24, 2.45) is 12.2 Å². The molecule has 126 valence electrons. The minimum atomic E-state index is -3.76. The van der Waals surface area contributed by atoms with E-state index in [1.807, 2.05) is 0 Å². The van der Waals surface area contributed by atoms with Crippen LogP contribution in [-0.4, -0.2) is 26.6 Å². The maximum Gasteiger partial charge on any atom is 0.244 e. The zero-order valence-corrected chi connectivity index (χ0v) is 14.6. The van der Waals surface area contributed by atoms with Gasteiger partial charge in [-0.15, -0.1) is 0 Å². The zero-order chi connectivity index (χ0) is 17.4. The predicted octanol–water partition coefficient (Wildman–Crippen LogP) is 0.163. The van der Waals surface area contributed by atoms with Gasteiger partial charge in [0.15, 0.2) is 0 Å². The van der Waals surface area contributed by atoms with E-state index in [0.717, 1.165) is 0 Å². The minimum absolute atomic E-state index is 0.0249. The Morgan fingerprint density at radius 1 is 1.13 bits per heavy atom. The van der Waals surface area contributed by atoms with Crippen LogP contribution in [-0.2, 0) is 33.6 Å². The van der Waals surface area contributed by atoms with Crippen molar-refractivity contribution in [3.8, 4) is 0 Å². The molecule has 0 aliphatic rings. The summed E-state index contributed by atoms with van der Waals surface area (Å²) in [5.74, 6) is 0. The average molecular weight is 358 g/mol. The molecule has 1 heterocycles. The van der Waals surface area contributed by atoms with Crippen molar-refractivity contribution in [1.82, 2.24) is 14.5 Å². The predicted molar refractivity (Wildman–Crippen MR) is 84.5 cm³/mol. The van der Waals surface area contributed by atoms with Gasteiger partial charge < -0.3 is 0 Å². The molecule has 23 heavy (non-hydrogen) atoms. The Morgan fingerprint density at radius 2 is 1.70 bits per heavy atom. The van der Waals surface area contributed by atoms with Gasteiger partial charge in [-0.3, -0.25) is 4.68 Å². The largest absolute Gasteiger partial charge is 0.271 e. The van der Waals surface area contributed by atoms with Crippen LogP contribution < -0.4 is 9.86 Å². The van der Waals surface area contributed by atoms with E-state index >= 15 is 0 Å². The smallest absolute Gasteiger partial charge is 0.244 e. The summed E-state index contributed by atoms with van der Waals surface area (Å²) in [6, 6.07) is 5.68. The van der Waals surface area contributed by atoms with Gasteiger partial charge >= 0.3 is 0 Å². The Bertz CT molecular complexity index is 929. The quantitative estimate of drug-likeness (QED) is 0.788. The Kier molecular flexibility index (Phi) is 4.62. The Morgan fingerprint density at radius 3 is 2.13 bits per heavy atom. The van der Waals surface area contributed by atoms with Crippen molar-refractivity contribution in [3.63, 3.8) is 0 Å². The monoisotopic (exact) mass is 358 g/mol. The van der Waals surface area contributed by atoms with Gasteiger partial charge in [-0.25, -0.2) is 26.7 Å². The molecule has 8 nitrogen and oxygen atoms in total. The summed E-state index contributed by atoms with van der Waals surface area (Å²) in [6.07, 6.45) is 0. The highest BCUT2D eigenvalue weighted by Crippen LogP contribution is 2.18. The van der Waals surface area contributed by atoms with Crippen molar-refractivity contribution in [2.75, 3.05) is 0 Å². The lowest BCUT2D eigenvalue weighted by Crippen LogP contribution is -2.24. The van der Waals surface area contributed by atoms with Crippen LogP contribution in [0.3, 0.4) is 0 Å². The van der Waals surface area contributed by atoms with Gasteiger partial charge in [0.2, 0.25) is 20.0 Å². The van der Waals surface area contributed by atoms with Gasteiger partial charge in [0.05, 0.1) is 16.3 Å². The molecule has 0 unspecified atom stereocenters. The summed E-state index contributed by atoms with van der Waals surface area (Å²) in [4.78, 5) is 0.129. The molecular weight excluding hydrogens is 340 g/mol. The van der Waals surface area contributed by atoms with Crippen LogP contribution in [0.2, 0.25) is 0 Å². The van der Waals surface area contributed by atoms with E-state index in [9.17, 15) is 16.8 Å². The van der Waals surface area contributed by atoms with Crippen LogP contribution in [0.15, 0.2) is 34.1 Å². The molecule has 0 aliphatic heterocycles. The summed E-state index contributed by atoms with van der Waals surface area (Å²) in [7, 11) is -5.80. The molecule has 0 bridgehead atoms. The third-order valence-electron chi connectivity index (χ3n) is 3.43. The van der Waals surface area contributed by atoms with Crippen LogP contribution in [0.1, 0.15) is 17.0 Å². The van der Waals surface area contributed by atoms with Crippen LogP contribution >= 0.6 is 0 Å². The van der Waals surface area contributed by atoms with Crippen molar-refractivity contribution in [3.05, 3.63) is 41.2 Å². The highest BCUT2D eigenvalue weighted by atomic mass is 32.2. The fourth-order valence-electron chi connectivity index (χ4n) is 2.19. The highest BCUT2D eigenvalue weighted by molar-refractivity contribution is 7.89. The number of aromatic nitrogens is 2. The highest BCUT2D eigenvalue weighted by Gasteiger charge is 2.23. The van der Waals surface area contributed by atoms with E-state index in [2.05, 4.69) is 9.82 Å². The summed E-state index contributed by atoms with van der Waals surface area (Å²) in [5.41, 5.74) is 1.57. The molecule has 0 spiro atoms. The lowest BCUT2D eigenvalue weighted by atomic mass is 10.2. The number of primary sulfonamides is 1. The van der Waals surface area contributed by atoms with Gasteiger partial charge in [0, 0.05) is 13.6 Å². The zero-order valence-electron chi connectivity index (χ0n) is 12.9. The summed E-state index contributed by atoms with van der Waals surface area (Å²) >= 11 is 0. The van der Waals surface area contributed by atoms with Gasteiger partial charge in [0.25, 0.3) is 0 Å². The number of nitrogens with two attached hydrogens (primary N) is 1. The van der Waals surface area contributed by atoms with E-state index in [4.69, 9.17) is 5.14 Å². The van der Waals surface area contributed by atoms with Crippen molar-refractivity contribution in [2.45, 2.75) is 30.2 Å². The van der Waals surface area contributed by atoms with E-state index < -0.39 is 20.0 Å². The van der Waals surface area contributed by atoms with E-state index in [-0.39, 0.29) is 16.3 Å². The molecule has 0 saturated heterocycles. The Labute approximate surface area is 135 Å². The molecule has 2 aromatic rings. The second-order valence-corrected chi connectivity index (χ2v) is 8.40. The number of rotatable bonds is 5. The molecule has 0 amide bonds. The standard InChI is InChI=1S/C13H18N4O4S2/c1-9-13(10(2)17(3)16-9)23(20,21)15-8-11-4-6-12(7-5-11)22(14,18)19/h4-7,15H,8H2,1-3H3,(H2,14,18,19). The first-order chi connectivity index (χ1) is 10.5. The SMILES string of the molecule is Cc1nn(C)c(C)c1S(=O)(=O)NCc1ccc(S(N)(=O)=O)cc1. The molecule has 3 N–H and O–H groups in total. The molecule has 1 aromatic carbocycles. The number of nitrogens with zero attached hydrogens (tertiary/aromatic N) is 2. The molecule has 0 atom stereocenters. The second kappa shape index (κ2) is 6.04. The lowest BCUT2D eigenvalue weighted by Gasteiger charge is -2.08. The molecule has 0 radical (unpaired) electrons. The minimum Gasteiger partial charge on any atom is -0.271 e. The summed E-state index contributed by atoms with van der Waals surface area (Å²) in [6.45, 7) is 3.33. The molecule has 2 rings (SSSR count). The normalized spacial score (nSPS) is 12.5. The Hall–Kier alpha value is -1.75. The van der Waals surface area contributed by atoms with Crippen molar-refractivity contribution < 1.29 is 16.8 Å². The van der Waals surface area contributed by atoms with Gasteiger partial charge in [-0.1, -0.05) is 12.1 Å². The molecular formula is C13H18N4O4S2. The van der Waals surface area contributed by atoms with E-state index in [0.29, 0.717) is 17.0 Å². The third-order valence-corrected chi connectivity index (χ3v) is 6.01. The number of nitrogens with one attached hydrogen (secondary N) is 1. The first kappa shape index (κ1) is 17.6. The molecule has 1 aromatic heterocycles. The summed E-state index contributed by atoms with van der Waals surface area (Å²) < 4.78 is 51.2. The second-order valence-electron chi connectivity index (χ2n) is 5.14. The van der Waals surface area contributed by atoms with E-state index in [1.165, 1.54) is 28.9 Å². The number of hydrogen-bond acceptors (Lipinski definition) is 5. The van der Waals surface area contributed by atoms with Crippen LogP contribution in [0, 0.1) is 13.8 Å². The third kappa shape index (κ3) is 3.78. The van der Waals surface area contributed by atoms with Crippen molar-refractivity contribution in [1.29, 1.82) is 0 Å². The number of aryl methyl sites for hydroxylation is 2. The van der Waals surface area contributed by atoms with Crippen molar-refractivity contribution >= 4 is 20.0 Å². The van der Waals surface area contributed by atoms with Gasteiger partial charge in [-0.2, -0.15) is 5.10 Å². The fraction of sp³-hybridized carbons (Fsp3) is 0.308. The first-order valence-corrected chi connectivity index (χ1v) is 9.67. The molecule has 0 fully saturated rings. The van der Waals surface area contributed by atoms with Gasteiger partial charge in [0.1, 0.15) is 4.90 Å². The molecule has 10 heteroatoms. The molecule has 0 saturated carbocycles. The average Bonchev–Trinajstić information content (AvgIpc) is 2.70. The Balaban J connectivity index is 2.20. The lowest BCUT2D eigenvalue weighted by molar-refractivity contribution is 0.579. The topological polar surface area (TPSA) is 124 Å². The van der Waals surface area contributed by atoms with Crippen LogP contribution in [0.25, 0.3) is 0 Å². The van der Waals surface area contributed by atoms with Crippen LogP contribution in [0.4, 0.5) is 0 Å². The number of benzene rings is 1.